The molecule has 1 N–H and O–H groups in total. The lowest BCUT2D eigenvalue weighted by atomic mass is 10.1. The van der Waals surface area contributed by atoms with Crippen LogP contribution in [0, 0.1) is 0 Å². The number of ether oxygens (including phenoxy) is 2. The lowest BCUT2D eigenvalue weighted by molar-refractivity contribution is -0.140. The van der Waals surface area contributed by atoms with Crippen molar-refractivity contribution in [1.29, 1.82) is 0 Å². The van der Waals surface area contributed by atoms with Crippen molar-refractivity contribution in [3.8, 4) is 0 Å². The zero-order chi connectivity index (χ0) is 19.2. The second kappa shape index (κ2) is 8.69. The van der Waals surface area contributed by atoms with E-state index in [-0.39, 0.29) is 18.8 Å². The average Bonchev–Trinajstić information content (AvgIpc) is 3.00. The molecule has 0 aliphatic carbocycles. The predicted molar refractivity (Wildman–Crippen MR) is 93.6 cm³/mol. The summed E-state index contributed by atoms with van der Waals surface area (Å²) in [7, 11) is 0. The summed E-state index contributed by atoms with van der Waals surface area (Å²) in [5.74, 6) is -1.06. The van der Waals surface area contributed by atoms with Crippen molar-refractivity contribution in [2.75, 3.05) is 13.2 Å². The van der Waals surface area contributed by atoms with Gasteiger partial charge in [0.1, 0.15) is 17.3 Å². The van der Waals surface area contributed by atoms with Crippen LogP contribution in [0.3, 0.4) is 0 Å². The van der Waals surface area contributed by atoms with Gasteiger partial charge in [0.05, 0.1) is 6.61 Å². The third-order valence-electron chi connectivity index (χ3n) is 3.54. The van der Waals surface area contributed by atoms with Gasteiger partial charge < -0.3 is 14.8 Å². The molecular formula is C18H28N2O5. The van der Waals surface area contributed by atoms with Gasteiger partial charge in [0.25, 0.3) is 5.91 Å². The first kappa shape index (κ1) is 20.7. The summed E-state index contributed by atoms with van der Waals surface area (Å²) in [6.07, 6.45) is 3.34. The molecule has 1 aliphatic rings. The molecule has 0 saturated carbocycles. The Labute approximate surface area is 149 Å². The number of allylic oxidation sites excluding steroid dienone is 1. The molecule has 0 aromatic carbocycles. The van der Waals surface area contributed by atoms with E-state index < -0.39 is 29.6 Å². The molecule has 2 amide bonds. The first-order chi connectivity index (χ1) is 11.6. The Kier molecular flexibility index (Phi) is 7.21. The molecule has 0 aromatic rings. The van der Waals surface area contributed by atoms with Crippen LogP contribution in [0.15, 0.2) is 23.4 Å². The highest BCUT2D eigenvalue weighted by Gasteiger charge is 2.34. The monoisotopic (exact) mass is 352 g/mol. The zero-order valence-corrected chi connectivity index (χ0v) is 15.8. The predicted octanol–water partition coefficient (Wildman–Crippen LogP) is 2.53. The van der Waals surface area contributed by atoms with E-state index in [1.54, 1.807) is 46.8 Å². The molecule has 0 fully saturated rings. The number of carbonyl (C=O) groups is 3. The van der Waals surface area contributed by atoms with Crippen LogP contribution in [0.4, 0.5) is 4.79 Å². The van der Waals surface area contributed by atoms with Crippen molar-refractivity contribution in [1.82, 2.24) is 10.2 Å². The van der Waals surface area contributed by atoms with Crippen molar-refractivity contribution in [2.24, 2.45) is 0 Å². The fourth-order valence-corrected chi connectivity index (χ4v) is 2.17. The molecule has 1 aliphatic heterocycles. The SMILES string of the molecule is CCOC(=O)/C(NC(=O)[C@@H]1C=CCN1C(=O)OC(C)(C)C)=C(\C)CC. The molecule has 140 valence electrons. The van der Waals surface area contributed by atoms with Crippen LogP contribution in [0.5, 0.6) is 0 Å². The van der Waals surface area contributed by atoms with Crippen LogP contribution in [0.2, 0.25) is 0 Å². The van der Waals surface area contributed by atoms with Crippen molar-refractivity contribution in [3.63, 3.8) is 0 Å². The Morgan fingerprint density at radius 1 is 1.24 bits per heavy atom. The van der Waals surface area contributed by atoms with Crippen molar-refractivity contribution in [2.45, 2.75) is 59.6 Å². The largest absolute Gasteiger partial charge is 0.461 e. The molecule has 0 aromatic heterocycles. The third-order valence-corrected chi connectivity index (χ3v) is 3.54. The lowest BCUT2D eigenvalue weighted by Gasteiger charge is -2.28. The van der Waals surface area contributed by atoms with E-state index in [0.29, 0.717) is 12.0 Å². The van der Waals surface area contributed by atoms with E-state index >= 15 is 0 Å². The standard InChI is InChI=1S/C18H28N2O5/c1-7-12(3)14(16(22)24-8-2)19-15(21)13-10-9-11-20(13)17(23)25-18(4,5)6/h9-10,13H,7-8,11H2,1-6H3,(H,19,21)/b14-12-/t13-/m0/s1. The number of hydrogen-bond acceptors (Lipinski definition) is 5. The number of carbonyl (C=O) groups excluding carboxylic acids is 3. The molecule has 0 radical (unpaired) electrons. The maximum Gasteiger partial charge on any atom is 0.411 e. The molecule has 7 nitrogen and oxygen atoms in total. The number of nitrogens with zero attached hydrogens (tertiary/aromatic N) is 1. The second-order valence-corrected chi connectivity index (χ2v) is 6.72. The summed E-state index contributed by atoms with van der Waals surface area (Å²) in [4.78, 5) is 38.3. The van der Waals surface area contributed by atoms with Crippen LogP contribution in [-0.2, 0) is 19.1 Å². The highest BCUT2D eigenvalue weighted by molar-refractivity contribution is 5.97. The van der Waals surface area contributed by atoms with Crippen LogP contribution in [0.25, 0.3) is 0 Å². The van der Waals surface area contributed by atoms with Gasteiger partial charge in [-0.05, 0) is 46.6 Å². The Morgan fingerprint density at radius 2 is 1.88 bits per heavy atom. The second-order valence-electron chi connectivity index (χ2n) is 6.72. The van der Waals surface area contributed by atoms with Gasteiger partial charge in [-0.15, -0.1) is 0 Å². The zero-order valence-electron chi connectivity index (χ0n) is 15.8. The molecular weight excluding hydrogens is 324 g/mol. The van der Waals surface area contributed by atoms with Gasteiger partial charge in [-0.1, -0.05) is 19.1 Å². The Balaban J connectivity index is 2.91. The fraction of sp³-hybridized carbons (Fsp3) is 0.611. The molecule has 0 spiro atoms. The van der Waals surface area contributed by atoms with E-state index in [9.17, 15) is 14.4 Å². The number of nitrogens with one attached hydrogen (secondary N) is 1. The minimum absolute atomic E-state index is 0.124. The molecule has 0 unspecified atom stereocenters. The van der Waals surface area contributed by atoms with E-state index in [1.165, 1.54) is 4.90 Å². The summed E-state index contributed by atoms with van der Waals surface area (Å²) in [6, 6.07) is -0.830. The fourth-order valence-electron chi connectivity index (χ4n) is 2.17. The van der Waals surface area contributed by atoms with Crippen LogP contribution < -0.4 is 5.32 Å². The first-order valence-corrected chi connectivity index (χ1v) is 8.44. The van der Waals surface area contributed by atoms with Gasteiger partial charge in [-0.25, -0.2) is 9.59 Å². The smallest absolute Gasteiger partial charge is 0.411 e. The molecule has 1 rings (SSSR count). The Hall–Kier alpha value is -2.31. The summed E-state index contributed by atoms with van der Waals surface area (Å²) in [5.41, 5.74) is 0.173. The van der Waals surface area contributed by atoms with Crippen LogP contribution in [-0.4, -0.2) is 47.7 Å². The quantitative estimate of drug-likeness (QED) is 0.467. The summed E-state index contributed by atoms with van der Waals surface area (Å²) >= 11 is 0. The molecule has 25 heavy (non-hydrogen) atoms. The van der Waals surface area contributed by atoms with E-state index in [2.05, 4.69) is 5.32 Å². The van der Waals surface area contributed by atoms with Gasteiger partial charge in [0, 0.05) is 6.54 Å². The number of esters is 1. The minimum atomic E-state index is -0.830. The Bertz CT molecular complexity index is 587. The van der Waals surface area contributed by atoms with Gasteiger partial charge in [-0.3, -0.25) is 9.69 Å². The van der Waals surface area contributed by atoms with Gasteiger partial charge >= 0.3 is 12.1 Å². The first-order valence-electron chi connectivity index (χ1n) is 8.44. The highest BCUT2D eigenvalue weighted by atomic mass is 16.6. The van der Waals surface area contributed by atoms with E-state index in [1.807, 2.05) is 6.92 Å². The van der Waals surface area contributed by atoms with E-state index in [4.69, 9.17) is 9.47 Å². The number of amides is 2. The molecule has 1 heterocycles. The highest BCUT2D eigenvalue weighted by Crippen LogP contribution is 2.17. The topological polar surface area (TPSA) is 84.9 Å². The third kappa shape index (κ3) is 5.92. The van der Waals surface area contributed by atoms with Crippen molar-refractivity contribution in [3.05, 3.63) is 23.4 Å². The average molecular weight is 352 g/mol. The summed E-state index contributed by atoms with van der Waals surface area (Å²) < 4.78 is 10.3. The maximum absolute atomic E-state index is 12.6. The van der Waals surface area contributed by atoms with Crippen LogP contribution >= 0.6 is 0 Å². The van der Waals surface area contributed by atoms with E-state index in [0.717, 1.165) is 0 Å². The van der Waals surface area contributed by atoms with Crippen LogP contribution in [0.1, 0.15) is 48.0 Å². The van der Waals surface area contributed by atoms with Gasteiger partial charge in [0.2, 0.25) is 0 Å². The molecule has 1 atom stereocenters. The molecule has 0 saturated heterocycles. The molecule has 0 bridgehead atoms. The molecule has 7 heteroatoms. The lowest BCUT2D eigenvalue weighted by Crippen LogP contribution is -2.48. The number of rotatable bonds is 5. The maximum atomic E-state index is 12.6. The Morgan fingerprint density at radius 3 is 2.40 bits per heavy atom. The normalized spacial score (nSPS) is 17.8. The number of hydrogen-bond donors (Lipinski definition) is 1. The van der Waals surface area contributed by atoms with Crippen molar-refractivity contribution >= 4 is 18.0 Å². The van der Waals surface area contributed by atoms with Gasteiger partial charge in [-0.2, -0.15) is 0 Å². The minimum Gasteiger partial charge on any atom is -0.461 e. The van der Waals surface area contributed by atoms with Crippen molar-refractivity contribution < 1.29 is 23.9 Å². The van der Waals surface area contributed by atoms with Gasteiger partial charge in [0.15, 0.2) is 0 Å². The summed E-state index contributed by atoms with van der Waals surface area (Å²) in [6.45, 7) is 11.1. The summed E-state index contributed by atoms with van der Waals surface area (Å²) in [5, 5.41) is 2.61.